The first-order valence-electron chi connectivity index (χ1n) is 23.2. The van der Waals surface area contributed by atoms with E-state index in [1.165, 1.54) is 105 Å². The van der Waals surface area contributed by atoms with Crippen LogP contribution in [0, 0.1) is 0 Å². The van der Waals surface area contributed by atoms with Gasteiger partial charge in [-0.15, -0.1) is 0 Å². The van der Waals surface area contributed by atoms with E-state index in [0.717, 1.165) is 17.1 Å². The summed E-state index contributed by atoms with van der Waals surface area (Å²) in [4.78, 5) is 2.46. The molecule has 2 heteroatoms. The monoisotopic (exact) mass is 840 g/mol. The number of para-hydroxylation sites is 4. The minimum atomic E-state index is -0.499. The number of hydrogen-bond acceptors (Lipinski definition) is 1. The van der Waals surface area contributed by atoms with Gasteiger partial charge in [0.15, 0.2) is 0 Å². The molecule has 66 heavy (non-hydrogen) atoms. The highest BCUT2D eigenvalue weighted by atomic mass is 15.1. The third kappa shape index (κ3) is 4.91. The predicted octanol–water partition coefficient (Wildman–Crippen LogP) is 16.6. The second-order valence-electron chi connectivity index (χ2n) is 18.8. The molecule has 0 N–H and O–H groups in total. The van der Waals surface area contributed by atoms with E-state index in [9.17, 15) is 0 Å². The maximum Gasteiger partial charge on any atom is 0.0754 e. The molecule has 1 aromatic heterocycles. The van der Waals surface area contributed by atoms with Gasteiger partial charge in [0.05, 0.1) is 27.8 Å². The zero-order valence-electron chi connectivity index (χ0n) is 36.8. The molecule has 10 aromatic carbocycles. The lowest BCUT2D eigenvalue weighted by Crippen LogP contribution is -2.33. The highest BCUT2D eigenvalue weighted by Crippen LogP contribution is 2.61. The van der Waals surface area contributed by atoms with Crippen LogP contribution in [0.1, 0.15) is 47.2 Å². The van der Waals surface area contributed by atoms with Gasteiger partial charge in [-0.25, -0.2) is 0 Å². The number of rotatable bonds is 5. The fraction of sp³-hybridized carbons (Fsp3) is 0.0625. The number of nitrogens with zero attached hydrogens (tertiary/aromatic N) is 2. The third-order valence-electron chi connectivity index (χ3n) is 15.2. The first-order chi connectivity index (χ1) is 32.5. The maximum atomic E-state index is 2.52. The predicted molar refractivity (Wildman–Crippen MR) is 275 cm³/mol. The standard InChI is InChI=1S/C64H44N2/c1-63(2)53-24-10-6-20-47(53)49-38-36-45(40-57(49)63)65(59-28-13-8-19-46(59)42-17-4-3-5-18-42)44-34-31-41(32-35-44)43-33-37-50-48-21-7-11-25-54(48)64(58(50)39-43)55-26-12-15-30-61(55)66-60-29-14-9-22-51(60)52-23-16-27-56(64)62(52)66/h3-40H,1-2H3. The first kappa shape index (κ1) is 37.2. The molecular weight excluding hydrogens is 797 g/mol. The van der Waals surface area contributed by atoms with Crippen molar-refractivity contribution in [2.24, 2.45) is 0 Å². The molecule has 2 heterocycles. The van der Waals surface area contributed by atoms with E-state index in [-0.39, 0.29) is 5.41 Å². The highest BCUT2D eigenvalue weighted by molar-refractivity contribution is 6.13. The first-order valence-corrected chi connectivity index (χ1v) is 23.2. The number of fused-ring (bicyclic) bond motifs is 15. The molecule has 14 rings (SSSR count). The minimum Gasteiger partial charge on any atom is -0.310 e. The summed E-state index contributed by atoms with van der Waals surface area (Å²) < 4.78 is 2.52. The minimum absolute atomic E-state index is 0.123. The molecule has 0 bridgehead atoms. The normalized spacial score (nSPS) is 15.6. The lowest BCUT2D eigenvalue weighted by Gasteiger charge is -2.39. The van der Waals surface area contributed by atoms with E-state index in [4.69, 9.17) is 0 Å². The molecule has 0 saturated heterocycles. The molecule has 2 nitrogen and oxygen atoms in total. The van der Waals surface area contributed by atoms with Crippen molar-refractivity contribution in [2.45, 2.75) is 24.7 Å². The molecule has 2 aliphatic carbocycles. The molecule has 0 radical (unpaired) electrons. The van der Waals surface area contributed by atoms with Crippen molar-refractivity contribution >= 4 is 38.9 Å². The average Bonchev–Trinajstić information content (AvgIpc) is 3.95. The quantitative estimate of drug-likeness (QED) is 0.168. The summed E-state index contributed by atoms with van der Waals surface area (Å²) >= 11 is 0. The number of anilines is 3. The summed E-state index contributed by atoms with van der Waals surface area (Å²) in [5.74, 6) is 0. The maximum absolute atomic E-state index is 2.52. The summed E-state index contributed by atoms with van der Waals surface area (Å²) in [6.07, 6.45) is 0. The van der Waals surface area contributed by atoms with Gasteiger partial charge < -0.3 is 9.47 Å². The Morgan fingerprint density at radius 1 is 0.348 bits per heavy atom. The van der Waals surface area contributed by atoms with Gasteiger partial charge in [0, 0.05) is 33.1 Å². The van der Waals surface area contributed by atoms with Crippen molar-refractivity contribution in [1.29, 1.82) is 0 Å². The zero-order chi connectivity index (χ0) is 43.7. The van der Waals surface area contributed by atoms with Crippen LogP contribution in [0.25, 0.3) is 72.0 Å². The van der Waals surface area contributed by atoms with E-state index in [2.05, 4.69) is 254 Å². The largest absolute Gasteiger partial charge is 0.310 e. The lowest BCUT2D eigenvalue weighted by atomic mass is 9.65. The van der Waals surface area contributed by atoms with Crippen molar-refractivity contribution < 1.29 is 0 Å². The number of benzene rings is 10. The zero-order valence-corrected chi connectivity index (χ0v) is 36.8. The van der Waals surface area contributed by atoms with Crippen LogP contribution in [0.4, 0.5) is 17.1 Å². The average molecular weight is 841 g/mol. The van der Waals surface area contributed by atoms with Crippen LogP contribution in [-0.4, -0.2) is 4.57 Å². The van der Waals surface area contributed by atoms with E-state index < -0.39 is 5.41 Å². The lowest BCUT2D eigenvalue weighted by molar-refractivity contribution is 0.660. The van der Waals surface area contributed by atoms with Crippen LogP contribution >= 0.6 is 0 Å². The van der Waals surface area contributed by atoms with Crippen molar-refractivity contribution in [1.82, 2.24) is 4.57 Å². The molecule has 1 spiro atoms. The van der Waals surface area contributed by atoms with E-state index in [1.54, 1.807) is 0 Å². The van der Waals surface area contributed by atoms with Gasteiger partial charge in [0.1, 0.15) is 0 Å². The smallest absolute Gasteiger partial charge is 0.0754 e. The second kappa shape index (κ2) is 13.7. The SMILES string of the molecule is CC1(C)c2ccccc2-c2ccc(N(c3ccc(-c4ccc5c(c4)C4(c6ccccc6-5)c5ccccc5-n5c6ccccc6c6cccc4c65)cc3)c3ccccc3-c3ccccc3)cc21. The van der Waals surface area contributed by atoms with Crippen molar-refractivity contribution in [3.8, 4) is 50.2 Å². The Balaban J connectivity index is 0.948. The molecule has 11 aromatic rings. The topological polar surface area (TPSA) is 8.17 Å². The molecule has 1 atom stereocenters. The summed E-state index contributed by atoms with van der Waals surface area (Å²) in [6, 6.07) is 86.2. The highest BCUT2D eigenvalue weighted by Gasteiger charge is 2.51. The Morgan fingerprint density at radius 3 is 1.76 bits per heavy atom. The Morgan fingerprint density at radius 2 is 0.924 bits per heavy atom. The molecular formula is C64H44N2. The summed E-state index contributed by atoms with van der Waals surface area (Å²) in [5, 5.41) is 2.58. The van der Waals surface area contributed by atoms with E-state index >= 15 is 0 Å². The molecule has 1 aliphatic heterocycles. The Labute approximate surface area is 385 Å². The van der Waals surface area contributed by atoms with Crippen LogP contribution in [0.3, 0.4) is 0 Å². The summed E-state index contributed by atoms with van der Waals surface area (Å²) in [7, 11) is 0. The van der Waals surface area contributed by atoms with Crippen LogP contribution in [0.15, 0.2) is 231 Å². The third-order valence-corrected chi connectivity index (χ3v) is 15.2. The van der Waals surface area contributed by atoms with Gasteiger partial charge in [-0.3, -0.25) is 0 Å². The van der Waals surface area contributed by atoms with E-state index in [1.807, 2.05) is 0 Å². The fourth-order valence-electron chi connectivity index (χ4n) is 12.3. The van der Waals surface area contributed by atoms with Crippen LogP contribution in [0.5, 0.6) is 0 Å². The molecule has 310 valence electrons. The van der Waals surface area contributed by atoms with Gasteiger partial charge in [0.25, 0.3) is 0 Å². The van der Waals surface area contributed by atoms with Crippen molar-refractivity contribution in [3.63, 3.8) is 0 Å². The van der Waals surface area contributed by atoms with E-state index in [0.29, 0.717) is 0 Å². The van der Waals surface area contributed by atoms with Crippen molar-refractivity contribution in [2.75, 3.05) is 4.90 Å². The molecule has 3 aliphatic rings. The van der Waals surface area contributed by atoms with Crippen LogP contribution < -0.4 is 4.90 Å². The van der Waals surface area contributed by atoms with Gasteiger partial charge in [-0.2, -0.15) is 0 Å². The second-order valence-corrected chi connectivity index (χ2v) is 18.8. The fourth-order valence-corrected chi connectivity index (χ4v) is 12.3. The van der Waals surface area contributed by atoms with Gasteiger partial charge in [-0.1, -0.05) is 196 Å². The van der Waals surface area contributed by atoms with Gasteiger partial charge >= 0.3 is 0 Å². The molecule has 0 saturated carbocycles. The van der Waals surface area contributed by atoms with Crippen LogP contribution in [0.2, 0.25) is 0 Å². The van der Waals surface area contributed by atoms with Crippen molar-refractivity contribution in [3.05, 3.63) is 264 Å². The molecule has 0 amide bonds. The number of aromatic nitrogens is 1. The molecule has 1 unspecified atom stereocenters. The summed E-state index contributed by atoms with van der Waals surface area (Å²) in [5.41, 5.74) is 24.7. The van der Waals surface area contributed by atoms with Gasteiger partial charge in [-0.05, 0) is 121 Å². The number of hydrogen-bond donors (Lipinski definition) is 0. The molecule has 0 fully saturated rings. The van der Waals surface area contributed by atoms with Crippen LogP contribution in [-0.2, 0) is 10.8 Å². The Kier molecular flexibility index (Phi) is 7.70. The van der Waals surface area contributed by atoms with Gasteiger partial charge in [0.2, 0.25) is 0 Å². The Hall–Kier alpha value is -8.20. The Bertz CT molecular complexity index is 3800. The summed E-state index contributed by atoms with van der Waals surface area (Å²) in [6.45, 7) is 4.73.